The van der Waals surface area contributed by atoms with Crippen molar-refractivity contribution in [3.63, 3.8) is 0 Å². The second-order valence-electron chi connectivity index (χ2n) is 4.53. The maximum atomic E-state index is 10.1. The minimum atomic E-state index is -0.731. The standard InChI is InChI=1S/C13H22N2O3S/c1-13(16,9-19-4)8-14-7-10-12(18-3)11(17-2)5-6-15-10/h5-6,14,16H,7-9H2,1-4H3. The van der Waals surface area contributed by atoms with Crippen LogP contribution in [-0.4, -0.2) is 48.5 Å². The summed E-state index contributed by atoms with van der Waals surface area (Å²) in [6, 6.07) is 1.76. The first kappa shape index (κ1) is 16.1. The molecule has 0 saturated heterocycles. The van der Waals surface area contributed by atoms with Gasteiger partial charge < -0.3 is 19.9 Å². The van der Waals surface area contributed by atoms with Crippen LogP contribution in [0.15, 0.2) is 12.3 Å². The Hall–Kier alpha value is -0.980. The van der Waals surface area contributed by atoms with Gasteiger partial charge in [0.15, 0.2) is 11.5 Å². The minimum absolute atomic E-state index is 0.496. The maximum absolute atomic E-state index is 10.1. The molecule has 1 rings (SSSR count). The van der Waals surface area contributed by atoms with Gasteiger partial charge in [-0.25, -0.2) is 0 Å². The predicted octanol–water partition coefficient (Wildman–Crippen LogP) is 1.30. The molecule has 0 fully saturated rings. The molecule has 0 spiro atoms. The van der Waals surface area contributed by atoms with Gasteiger partial charge in [-0.3, -0.25) is 4.98 Å². The first-order valence-corrected chi connectivity index (χ1v) is 7.41. The summed E-state index contributed by atoms with van der Waals surface area (Å²) in [5.41, 5.74) is 0.0349. The zero-order valence-electron chi connectivity index (χ0n) is 11.9. The van der Waals surface area contributed by atoms with Crippen LogP contribution >= 0.6 is 11.8 Å². The lowest BCUT2D eigenvalue weighted by Crippen LogP contribution is -2.39. The first-order chi connectivity index (χ1) is 9.04. The van der Waals surface area contributed by atoms with E-state index in [1.54, 1.807) is 38.2 Å². The van der Waals surface area contributed by atoms with E-state index in [0.29, 0.717) is 30.3 Å². The molecule has 0 saturated carbocycles. The number of pyridine rings is 1. The quantitative estimate of drug-likeness (QED) is 0.751. The van der Waals surface area contributed by atoms with E-state index in [-0.39, 0.29) is 0 Å². The van der Waals surface area contributed by atoms with E-state index in [2.05, 4.69) is 10.3 Å². The van der Waals surface area contributed by atoms with E-state index in [0.717, 1.165) is 5.69 Å². The van der Waals surface area contributed by atoms with Crippen LogP contribution in [0.5, 0.6) is 11.5 Å². The van der Waals surface area contributed by atoms with E-state index in [1.807, 2.05) is 13.2 Å². The van der Waals surface area contributed by atoms with Crippen molar-refractivity contribution in [2.75, 3.05) is 32.8 Å². The van der Waals surface area contributed by atoms with Crippen molar-refractivity contribution in [3.05, 3.63) is 18.0 Å². The number of rotatable bonds is 8. The number of methoxy groups -OCH3 is 2. The fourth-order valence-electron chi connectivity index (χ4n) is 1.79. The summed E-state index contributed by atoms with van der Waals surface area (Å²) >= 11 is 1.62. The largest absolute Gasteiger partial charge is 0.493 e. The molecule has 2 N–H and O–H groups in total. The van der Waals surface area contributed by atoms with Gasteiger partial charge in [-0.1, -0.05) is 0 Å². The summed E-state index contributed by atoms with van der Waals surface area (Å²) in [4.78, 5) is 4.27. The smallest absolute Gasteiger partial charge is 0.183 e. The average Bonchev–Trinajstić information content (AvgIpc) is 2.38. The third-order valence-electron chi connectivity index (χ3n) is 2.62. The van der Waals surface area contributed by atoms with Crippen LogP contribution in [-0.2, 0) is 6.54 Å². The number of hydrogen-bond donors (Lipinski definition) is 2. The number of ether oxygens (including phenoxy) is 2. The van der Waals surface area contributed by atoms with Crippen molar-refractivity contribution in [1.29, 1.82) is 0 Å². The lowest BCUT2D eigenvalue weighted by atomic mass is 10.1. The van der Waals surface area contributed by atoms with Crippen LogP contribution in [0.1, 0.15) is 12.6 Å². The molecule has 0 amide bonds. The van der Waals surface area contributed by atoms with Gasteiger partial charge in [0, 0.05) is 31.1 Å². The number of aliphatic hydroxyl groups is 1. The van der Waals surface area contributed by atoms with Gasteiger partial charge in [0.25, 0.3) is 0 Å². The Morgan fingerprint density at radius 2 is 2.16 bits per heavy atom. The molecular formula is C13H22N2O3S. The SMILES string of the molecule is COc1ccnc(CNCC(C)(O)CSC)c1OC. The summed E-state index contributed by atoms with van der Waals surface area (Å²) in [5.74, 6) is 1.97. The van der Waals surface area contributed by atoms with E-state index in [4.69, 9.17) is 9.47 Å². The van der Waals surface area contributed by atoms with Crippen molar-refractivity contribution < 1.29 is 14.6 Å². The Morgan fingerprint density at radius 3 is 2.74 bits per heavy atom. The molecule has 5 nitrogen and oxygen atoms in total. The van der Waals surface area contributed by atoms with Crippen molar-refractivity contribution in [2.24, 2.45) is 0 Å². The topological polar surface area (TPSA) is 63.6 Å². The molecule has 1 unspecified atom stereocenters. The van der Waals surface area contributed by atoms with E-state index in [1.165, 1.54) is 0 Å². The first-order valence-electron chi connectivity index (χ1n) is 6.02. The molecule has 108 valence electrons. The fraction of sp³-hybridized carbons (Fsp3) is 0.615. The van der Waals surface area contributed by atoms with Crippen LogP contribution in [0, 0.1) is 0 Å². The van der Waals surface area contributed by atoms with Crippen molar-refractivity contribution in [1.82, 2.24) is 10.3 Å². The molecule has 0 radical (unpaired) electrons. The van der Waals surface area contributed by atoms with Crippen LogP contribution in [0.3, 0.4) is 0 Å². The summed E-state index contributed by atoms with van der Waals surface area (Å²) in [6.45, 7) is 2.83. The third kappa shape index (κ3) is 4.89. The molecule has 0 bridgehead atoms. The third-order valence-corrected chi connectivity index (χ3v) is 3.53. The van der Waals surface area contributed by atoms with Gasteiger partial charge in [0.05, 0.1) is 25.5 Å². The highest BCUT2D eigenvalue weighted by Crippen LogP contribution is 2.28. The molecule has 1 aromatic rings. The van der Waals surface area contributed by atoms with Gasteiger partial charge in [0.2, 0.25) is 0 Å². The molecular weight excluding hydrogens is 264 g/mol. The molecule has 1 atom stereocenters. The molecule has 1 aromatic heterocycles. The second kappa shape index (κ2) is 7.57. The highest BCUT2D eigenvalue weighted by Gasteiger charge is 2.19. The Balaban J connectivity index is 2.63. The molecule has 6 heteroatoms. The number of nitrogens with one attached hydrogen (secondary N) is 1. The van der Waals surface area contributed by atoms with Crippen LogP contribution in [0.25, 0.3) is 0 Å². The lowest BCUT2D eigenvalue weighted by Gasteiger charge is -2.22. The van der Waals surface area contributed by atoms with Gasteiger partial charge in [0.1, 0.15) is 0 Å². The van der Waals surface area contributed by atoms with Gasteiger partial charge in [-0.05, 0) is 13.2 Å². The number of aromatic nitrogens is 1. The highest BCUT2D eigenvalue weighted by molar-refractivity contribution is 7.98. The van der Waals surface area contributed by atoms with Crippen molar-refractivity contribution >= 4 is 11.8 Å². The lowest BCUT2D eigenvalue weighted by molar-refractivity contribution is 0.0844. The second-order valence-corrected chi connectivity index (χ2v) is 5.39. The van der Waals surface area contributed by atoms with Gasteiger partial charge in [-0.2, -0.15) is 11.8 Å². The van der Waals surface area contributed by atoms with Gasteiger partial charge in [-0.15, -0.1) is 0 Å². The summed E-state index contributed by atoms with van der Waals surface area (Å²) in [7, 11) is 3.19. The minimum Gasteiger partial charge on any atom is -0.493 e. The Bertz CT molecular complexity index is 399. The summed E-state index contributed by atoms with van der Waals surface area (Å²) < 4.78 is 10.5. The Morgan fingerprint density at radius 1 is 1.42 bits per heavy atom. The molecule has 0 aliphatic rings. The number of thioether (sulfide) groups is 1. The molecule has 0 aromatic carbocycles. The van der Waals surface area contributed by atoms with Crippen LogP contribution in [0.4, 0.5) is 0 Å². The highest BCUT2D eigenvalue weighted by atomic mass is 32.2. The van der Waals surface area contributed by atoms with Crippen molar-refractivity contribution in [2.45, 2.75) is 19.1 Å². The Labute approximate surface area is 118 Å². The zero-order chi connectivity index (χ0) is 14.3. The molecule has 0 aliphatic carbocycles. The Kier molecular flexibility index (Phi) is 6.41. The van der Waals surface area contributed by atoms with E-state index < -0.39 is 5.60 Å². The van der Waals surface area contributed by atoms with E-state index in [9.17, 15) is 5.11 Å². The zero-order valence-corrected chi connectivity index (χ0v) is 12.7. The maximum Gasteiger partial charge on any atom is 0.183 e. The van der Waals surface area contributed by atoms with Gasteiger partial charge >= 0.3 is 0 Å². The summed E-state index contributed by atoms with van der Waals surface area (Å²) in [5, 5.41) is 13.3. The van der Waals surface area contributed by atoms with E-state index >= 15 is 0 Å². The molecule has 0 aliphatic heterocycles. The average molecular weight is 286 g/mol. The van der Waals surface area contributed by atoms with Crippen molar-refractivity contribution in [3.8, 4) is 11.5 Å². The fourth-order valence-corrected chi connectivity index (χ4v) is 2.51. The number of nitrogens with zero attached hydrogens (tertiary/aromatic N) is 1. The summed E-state index contributed by atoms with van der Waals surface area (Å²) in [6.07, 6.45) is 3.65. The predicted molar refractivity (Wildman–Crippen MR) is 78.1 cm³/mol. The van der Waals surface area contributed by atoms with Crippen LogP contribution < -0.4 is 14.8 Å². The van der Waals surface area contributed by atoms with Crippen LogP contribution in [0.2, 0.25) is 0 Å². The normalized spacial score (nSPS) is 13.9. The monoisotopic (exact) mass is 286 g/mol. The number of hydrogen-bond acceptors (Lipinski definition) is 6. The molecule has 1 heterocycles. The molecule has 19 heavy (non-hydrogen) atoms.